The van der Waals surface area contributed by atoms with Gasteiger partial charge in [-0.2, -0.15) is 0 Å². The molecule has 2 amide bonds. The molecule has 3 aromatic carbocycles. The molecule has 34 heavy (non-hydrogen) atoms. The van der Waals surface area contributed by atoms with Gasteiger partial charge in [-0.15, -0.1) is 0 Å². The first-order chi connectivity index (χ1) is 16.6. The number of nitrogens with zero attached hydrogens (tertiary/aromatic N) is 3. The summed E-state index contributed by atoms with van der Waals surface area (Å²) >= 11 is 0. The Morgan fingerprint density at radius 2 is 1.56 bits per heavy atom. The average Bonchev–Trinajstić information content (AvgIpc) is 3.14. The topological polar surface area (TPSA) is 73.3 Å². The van der Waals surface area contributed by atoms with Crippen LogP contribution in [-0.2, 0) is 9.59 Å². The highest BCUT2D eigenvalue weighted by atomic mass is 16.5. The van der Waals surface area contributed by atoms with E-state index < -0.39 is 0 Å². The van der Waals surface area contributed by atoms with Gasteiger partial charge < -0.3 is 14.7 Å². The highest BCUT2D eigenvalue weighted by Crippen LogP contribution is 2.38. The lowest BCUT2D eigenvalue weighted by atomic mass is 10.0. The van der Waals surface area contributed by atoms with Gasteiger partial charge in [0.2, 0.25) is 0 Å². The van der Waals surface area contributed by atoms with Crippen molar-refractivity contribution >= 4 is 33.8 Å². The number of piperazine rings is 1. The molecule has 0 radical (unpaired) electrons. The number of benzene rings is 3. The van der Waals surface area contributed by atoms with E-state index in [-0.39, 0.29) is 18.4 Å². The molecule has 1 N–H and O–H groups in total. The van der Waals surface area contributed by atoms with Crippen LogP contribution in [0.2, 0.25) is 0 Å². The number of anilines is 1. The summed E-state index contributed by atoms with van der Waals surface area (Å²) in [4.78, 5) is 33.3. The first kappa shape index (κ1) is 22.1. The van der Waals surface area contributed by atoms with Gasteiger partial charge in [-0.1, -0.05) is 48.5 Å². The summed E-state index contributed by atoms with van der Waals surface area (Å²) in [5, 5.41) is 11.1. The molecule has 7 heteroatoms. The molecule has 5 rings (SSSR count). The number of aliphatic hydroxyl groups excluding tert-OH is 1. The van der Waals surface area contributed by atoms with Crippen molar-refractivity contribution in [2.45, 2.75) is 0 Å². The summed E-state index contributed by atoms with van der Waals surface area (Å²) < 4.78 is 5.28. The number of methoxy groups -OCH3 is 1. The molecule has 0 bridgehead atoms. The Hall–Kier alpha value is -3.68. The van der Waals surface area contributed by atoms with Crippen LogP contribution in [-0.4, -0.2) is 73.2 Å². The van der Waals surface area contributed by atoms with Gasteiger partial charge in [0.25, 0.3) is 11.8 Å². The molecule has 3 aromatic rings. The highest BCUT2D eigenvalue weighted by Gasteiger charge is 2.43. The van der Waals surface area contributed by atoms with E-state index in [4.69, 9.17) is 4.74 Å². The van der Waals surface area contributed by atoms with Crippen LogP contribution in [0.5, 0.6) is 5.75 Å². The first-order valence-corrected chi connectivity index (χ1v) is 11.5. The Morgan fingerprint density at radius 3 is 2.26 bits per heavy atom. The van der Waals surface area contributed by atoms with Gasteiger partial charge in [0.1, 0.15) is 11.4 Å². The van der Waals surface area contributed by atoms with Crippen molar-refractivity contribution in [2.75, 3.05) is 51.3 Å². The summed E-state index contributed by atoms with van der Waals surface area (Å²) in [5.74, 6) is 0.0632. The second-order valence-electron chi connectivity index (χ2n) is 8.45. The summed E-state index contributed by atoms with van der Waals surface area (Å²) in [6, 6.07) is 20.7. The minimum absolute atomic E-state index is 0.103. The van der Waals surface area contributed by atoms with Gasteiger partial charge >= 0.3 is 0 Å². The lowest BCUT2D eigenvalue weighted by Gasteiger charge is -2.36. The largest absolute Gasteiger partial charge is 0.497 e. The van der Waals surface area contributed by atoms with Crippen molar-refractivity contribution in [3.8, 4) is 5.75 Å². The van der Waals surface area contributed by atoms with E-state index in [9.17, 15) is 14.7 Å². The molecule has 2 aliphatic rings. The summed E-state index contributed by atoms with van der Waals surface area (Å²) in [6.45, 7) is 3.36. The number of carbonyl (C=O) groups excluding carboxylic acids is 2. The summed E-state index contributed by atoms with van der Waals surface area (Å²) in [5.41, 5.74) is 2.13. The molecular formula is C27H27N3O4. The minimum Gasteiger partial charge on any atom is -0.497 e. The lowest BCUT2D eigenvalue weighted by Crippen LogP contribution is -2.48. The lowest BCUT2D eigenvalue weighted by molar-refractivity contribution is -0.120. The van der Waals surface area contributed by atoms with E-state index >= 15 is 0 Å². The third-order valence-corrected chi connectivity index (χ3v) is 6.55. The molecule has 2 aliphatic heterocycles. The van der Waals surface area contributed by atoms with Crippen LogP contribution >= 0.6 is 0 Å². The number of rotatable bonds is 6. The van der Waals surface area contributed by atoms with E-state index in [2.05, 4.69) is 4.90 Å². The molecule has 1 saturated heterocycles. The van der Waals surface area contributed by atoms with Crippen LogP contribution in [0.3, 0.4) is 0 Å². The van der Waals surface area contributed by atoms with Crippen molar-refractivity contribution < 1.29 is 19.4 Å². The maximum atomic E-state index is 13.9. The van der Waals surface area contributed by atoms with Gasteiger partial charge in [0.15, 0.2) is 0 Å². The maximum absolute atomic E-state index is 13.9. The molecule has 0 unspecified atom stereocenters. The second kappa shape index (κ2) is 9.29. The zero-order valence-corrected chi connectivity index (χ0v) is 19.1. The normalized spacial score (nSPS) is 17.2. The number of hydrogen-bond acceptors (Lipinski definition) is 6. The molecule has 174 valence electrons. The van der Waals surface area contributed by atoms with Gasteiger partial charge in [0, 0.05) is 38.1 Å². The zero-order valence-electron chi connectivity index (χ0n) is 19.1. The van der Waals surface area contributed by atoms with E-state index in [0.717, 1.165) is 23.9 Å². The molecule has 7 nitrogen and oxygen atoms in total. The summed E-state index contributed by atoms with van der Waals surface area (Å²) in [7, 11) is 1.60. The quantitative estimate of drug-likeness (QED) is 0.574. The second-order valence-corrected chi connectivity index (χ2v) is 8.45. The highest BCUT2D eigenvalue weighted by molar-refractivity contribution is 6.46. The van der Waals surface area contributed by atoms with Crippen molar-refractivity contribution in [3.63, 3.8) is 0 Å². The maximum Gasteiger partial charge on any atom is 0.282 e. The van der Waals surface area contributed by atoms with Crippen molar-refractivity contribution in [1.82, 2.24) is 9.80 Å². The van der Waals surface area contributed by atoms with Crippen LogP contribution in [0.25, 0.3) is 16.3 Å². The van der Waals surface area contributed by atoms with E-state index in [1.165, 1.54) is 4.90 Å². The fourth-order valence-electron chi connectivity index (χ4n) is 4.79. The molecule has 2 heterocycles. The van der Waals surface area contributed by atoms with Crippen LogP contribution < -0.4 is 9.64 Å². The molecule has 0 aliphatic carbocycles. The van der Waals surface area contributed by atoms with Crippen LogP contribution in [0.1, 0.15) is 5.56 Å². The molecule has 1 fully saturated rings. The number of ether oxygens (including phenoxy) is 1. The standard InChI is InChI=1S/C27H27N3O4/c1-34-21-11-9-20(10-12-21)24-25(29-15-13-28(14-16-29)17-18-31)27(33)30(26(24)32)23-8-4-6-19-5-2-3-7-22(19)23/h2-12,31H,13-18H2,1H3. The van der Waals surface area contributed by atoms with E-state index in [1.807, 2.05) is 59.5 Å². The van der Waals surface area contributed by atoms with Crippen molar-refractivity contribution in [1.29, 1.82) is 0 Å². The molecule has 0 spiro atoms. The monoisotopic (exact) mass is 457 g/mol. The Morgan fingerprint density at radius 1 is 0.853 bits per heavy atom. The predicted molar refractivity (Wildman–Crippen MR) is 131 cm³/mol. The number of amides is 2. The molecule has 0 atom stereocenters. The minimum atomic E-state index is -0.320. The smallest absolute Gasteiger partial charge is 0.282 e. The Labute approximate surface area is 198 Å². The van der Waals surface area contributed by atoms with Crippen LogP contribution in [0, 0.1) is 0 Å². The first-order valence-electron chi connectivity index (χ1n) is 11.5. The van der Waals surface area contributed by atoms with Crippen molar-refractivity contribution in [3.05, 3.63) is 78.0 Å². The number of carbonyl (C=O) groups is 2. The number of hydrogen-bond donors (Lipinski definition) is 1. The Kier molecular flexibility index (Phi) is 6.04. The number of β-amino-alcohol motifs (C(OH)–C–C–N with tert-alkyl or cyclic N) is 1. The number of fused-ring (bicyclic) bond motifs is 1. The van der Waals surface area contributed by atoms with E-state index in [1.54, 1.807) is 19.2 Å². The van der Waals surface area contributed by atoms with Crippen LogP contribution in [0.15, 0.2) is 72.4 Å². The number of imide groups is 1. The fourth-order valence-corrected chi connectivity index (χ4v) is 4.79. The Balaban J connectivity index is 1.59. The van der Waals surface area contributed by atoms with Gasteiger partial charge in [-0.25, -0.2) is 4.90 Å². The third kappa shape index (κ3) is 3.83. The third-order valence-electron chi connectivity index (χ3n) is 6.55. The van der Waals surface area contributed by atoms with E-state index in [0.29, 0.717) is 47.9 Å². The number of aliphatic hydroxyl groups is 1. The zero-order chi connectivity index (χ0) is 23.7. The predicted octanol–water partition coefficient (Wildman–Crippen LogP) is 2.74. The molecular weight excluding hydrogens is 430 g/mol. The Bertz CT molecular complexity index is 1260. The SMILES string of the molecule is COc1ccc(C2=C(N3CCN(CCO)CC3)C(=O)N(c3cccc4ccccc34)C2=O)cc1. The van der Waals surface area contributed by atoms with Gasteiger partial charge in [-0.05, 0) is 29.1 Å². The molecule has 0 aromatic heterocycles. The average molecular weight is 458 g/mol. The van der Waals surface area contributed by atoms with Crippen molar-refractivity contribution in [2.24, 2.45) is 0 Å². The molecule has 0 saturated carbocycles. The van der Waals surface area contributed by atoms with Gasteiger partial charge in [0.05, 0.1) is 25.0 Å². The van der Waals surface area contributed by atoms with Crippen LogP contribution in [0.4, 0.5) is 5.69 Å². The van der Waals surface area contributed by atoms with Gasteiger partial charge in [-0.3, -0.25) is 14.5 Å². The fraction of sp³-hybridized carbons (Fsp3) is 0.259. The summed E-state index contributed by atoms with van der Waals surface area (Å²) in [6.07, 6.45) is 0.